The summed E-state index contributed by atoms with van der Waals surface area (Å²) in [5.41, 5.74) is 1.30. The Balaban J connectivity index is 1.23. The largest absolute Gasteiger partial charge is 0.370 e. The number of H-pyrrole nitrogens is 1. The van der Waals surface area contributed by atoms with Crippen LogP contribution in [0.15, 0.2) is 18.3 Å². The van der Waals surface area contributed by atoms with Crippen molar-refractivity contribution in [3.05, 3.63) is 24.0 Å². The summed E-state index contributed by atoms with van der Waals surface area (Å²) in [7, 11) is 4.20. The Morgan fingerprint density at radius 3 is 2.85 bits per heavy atom. The van der Waals surface area contributed by atoms with E-state index in [2.05, 4.69) is 55.4 Å². The molecule has 0 radical (unpaired) electrons. The number of aromatic nitrogens is 4. The van der Waals surface area contributed by atoms with Crippen LogP contribution in [0.1, 0.15) is 37.3 Å². The summed E-state index contributed by atoms with van der Waals surface area (Å²) >= 11 is 0. The Kier molecular flexibility index (Phi) is 4.05. The summed E-state index contributed by atoms with van der Waals surface area (Å²) < 4.78 is 6.22. The van der Waals surface area contributed by atoms with Gasteiger partial charge in [-0.15, -0.1) is 0 Å². The molecule has 3 aliphatic rings. The van der Waals surface area contributed by atoms with Gasteiger partial charge in [0.05, 0.1) is 18.2 Å². The molecule has 1 aliphatic carbocycles. The van der Waals surface area contributed by atoms with Crippen molar-refractivity contribution in [3.8, 4) is 0 Å². The van der Waals surface area contributed by atoms with Crippen LogP contribution in [-0.4, -0.2) is 70.5 Å². The highest BCUT2D eigenvalue weighted by molar-refractivity contribution is 5.53. The standard InChI is InChI=1S/C19H27N7O/c1-25-11-19(12-25)7-5-14(10-27-19)26(2)18-20-8-6-16(22-18)21-17-9-15(23-24-17)13-3-4-13/h6,8-9,13-14H,3-5,7,10-12H2,1-2H3,(H2,20,21,22,23,24). The van der Waals surface area contributed by atoms with Crippen molar-refractivity contribution in [1.82, 2.24) is 25.1 Å². The lowest BCUT2D eigenvalue weighted by atomic mass is 9.85. The number of ether oxygens (including phenoxy) is 1. The van der Waals surface area contributed by atoms with Gasteiger partial charge in [-0.2, -0.15) is 10.1 Å². The first kappa shape index (κ1) is 16.9. The van der Waals surface area contributed by atoms with Gasteiger partial charge in [0.25, 0.3) is 0 Å². The van der Waals surface area contributed by atoms with Crippen LogP contribution in [0, 0.1) is 0 Å². The fraction of sp³-hybridized carbons (Fsp3) is 0.632. The molecule has 3 fully saturated rings. The van der Waals surface area contributed by atoms with Gasteiger partial charge in [-0.25, -0.2) is 4.98 Å². The molecule has 5 rings (SSSR count). The summed E-state index contributed by atoms with van der Waals surface area (Å²) in [5.74, 6) is 2.94. The van der Waals surface area contributed by atoms with Crippen LogP contribution in [0.2, 0.25) is 0 Å². The van der Waals surface area contributed by atoms with Gasteiger partial charge >= 0.3 is 0 Å². The second-order valence-electron chi connectivity index (χ2n) is 8.32. The second kappa shape index (κ2) is 6.45. The van der Waals surface area contributed by atoms with E-state index >= 15 is 0 Å². The smallest absolute Gasteiger partial charge is 0.227 e. The number of aromatic amines is 1. The minimum absolute atomic E-state index is 0.0928. The van der Waals surface area contributed by atoms with Gasteiger partial charge in [-0.3, -0.25) is 5.10 Å². The Bertz CT molecular complexity index is 802. The third-order valence-electron chi connectivity index (χ3n) is 6.01. The maximum atomic E-state index is 6.22. The lowest BCUT2D eigenvalue weighted by Gasteiger charge is -2.52. The van der Waals surface area contributed by atoms with Crippen LogP contribution in [0.4, 0.5) is 17.6 Å². The van der Waals surface area contributed by atoms with Crippen molar-refractivity contribution in [2.75, 3.05) is 44.0 Å². The monoisotopic (exact) mass is 369 g/mol. The summed E-state index contributed by atoms with van der Waals surface area (Å²) in [6.45, 7) is 2.83. The highest BCUT2D eigenvalue weighted by Gasteiger charge is 2.45. The molecule has 2 aliphatic heterocycles. The molecule has 2 saturated heterocycles. The zero-order valence-corrected chi connectivity index (χ0v) is 16.0. The van der Waals surface area contributed by atoms with Crippen LogP contribution < -0.4 is 10.2 Å². The third kappa shape index (κ3) is 3.39. The van der Waals surface area contributed by atoms with Crippen LogP contribution in [0.3, 0.4) is 0 Å². The zero-order chi connectivity index (χ0) is 18.4. The molecule has 1 saturated carbocycles. The highest BCUT2D eigenvalue weighted by Crippen LogP contribution is 2.39. The fourth-order valence-corrected chi connectivity index (χ4v) is 4.24. The molecular formula is C19H27N7O. The normalized spacial score (nSPS) is 24.6. The minimum atomic E-state index is 0.0928. The topological polar surface area (TPSA) is 82.2 Å². The van der Waals surface area contributed by atoms with Gasteiger partial charge < -0.3 is 19.9 Å². The first-order chi connectivity index (χ1) is 13.1. The van der Waals surface area contributed by atoms with E-state index in [9.17, 15) is 0 Å². The molecule has 2 aromatic rings. The number of hydrogen-bond donors (Lipinski definition) is 2. The molecule has 0 aromatic carbocycles. The molecule has 8 heteroatoms. The van der Waals surface area contributed by atoms with Gasteiger partial charge in [-0.05, 0) is 38.8 Å². The maximum absolute atomic E-state index is 6.22. The molecule has 4 heterocycles. The molecular weight excluding hydrogens is 342 g/mol. The number of likely N-dealkylation sites (N-methyl/N-ethyl adjacent to an activating group) is 2. The average Bonchev–Trinajstić information content (AvgIpc) is 3.41. The highest BCUT2D eigenvalue weighted by atomic mass is 16.5. The quantitative estimate of drug-likeness (QED) is 0.835. The van der Waals surface area contributed by atoms with Crippen LogP contribution in [0.25, 0.3) is 0 Å². The maximum Gasteiger partial charge on any atom is 0.227 e. The predicted molar refractivity (Wildman–Crippen MR) is 103 cm³/mol. The molecule has 1 unspecified atom stereocenters. The first-order valence-corrected chi connectivity index (χ1v) is 9.81. The Hall–Kier alpha value is -2.19. The van der Waals surface area contributed by atoms with Crippen molar-refractivity contribution in [2.45, 2.75) is 43.2 Å². The van der Waals surface area contributed by atoms with Crippen molar-refractivity contribution >= 4 is 17.6 Å². The Morgan fingerprint density at radius 2 is 2.15 bits per heavy atom. The van der Waals surface area contributed by atoms with Crippen molar-refractivity contribution in [2.24, 2.45) is 0 Å². The first-order valence-electron chi connectivity index (χ1n) is 9.81. The fourth-order valence-electron chi connectivity index (χ4n) is 4.24. The summed E-state index contributed by atoms with van der Waals surface area (Å²) in [6.07, 6.45) is 6.51. The Labute approximate surface area is 159 Å². The van der Waals surface area contributed by atoms with Crippen LogP contribution in [0.5, 0.6) is 0 Å². The number of nitrogens with one attached hydrogen (secondary N) is 2. The van der Waals surface area contributed by atoms with Crippen LogP contribution >= 0.6 is 0 Å². The van der Waals surface area contributed by atoms with E-state index in [1.54, 1.807) is 6.20 Å². The lowest BCUT2D eigenvalue weighted by Crippen LogP contribution is -2.64. The number of likely N-dealkylation sites (tertiary alicyclic amines) is 1. The van der Waals surface area contributed by atoms with Crippen molar-refractivity contribution < 1.29 is 4.74 Å². The molecule has 2 aromatic heterocycles. The van der Waals surface area contributed by atoms with Gasteiger partial charge in [0.15, 0.2) is 5.82 Å². The van der Waals surface area contributed by atoms with E-state index in [1.165, 1.54) is 18.5 Å². The van der Waals surface area contributed by atoms with Gasteiger partial charge in [0.2, 0.25) is 5.95 Å². The van der Waals surface area contributed by atoms with E-state index in [0.717, 1.165) is 44.2 Å². The molecule has 1 atom stereocenters. The Morgan fingerprint density at radius 1 is 1.30 bits per heavy atom. The molecule has 1 spiro atoms. The minimum Gasteiger partial charge on any atom is -0.370 e. The van der Waals surface area contributed by atoms with Gasteiger partial charge in [0, 0.05) is 44.0 Å². The van der Waals surface area contributed by atoms with Crippen LogP contribution in [-0.2, 0) is 4.74 Å². The van der Waals surface area contributed by atoms with Gasteiger partial charge in [0.1, 0.15) is 5.82 Å². The van der Waals surface area contributed by atoms with E-state index in [-0.39, 0.29) is 5.60 Å². The summed E-state index contributed by atoms with van der Waals surface area (Å²) in [6, 6.07) is 4.26. The third-order valence-corrected chi connectivity index (χ3v) is 6.01. The number of rotatable bonds is 5. The lowest BCUT2D eigenvalue weighted by molar-refractivity contribution is -0.163. The van der Waals surface area contributed by atoms with E-state index in [1.807, 2.05) is 6.07 Å². The molecule has 2 N–H and O–H groups in total. The van der Waals surface area contributed by atoms with E-state index in [0.29, 0.717) is 17.9 Å². The number of anilines is 3. The zero-order valence-electron chi connectivity index (χ0n) is 16.0. The summed E-state index contributed by atoms with van der Waals surface area (Å²) in [5, 5.41) is 10.7. The van der Waals surface area contributed by atoms with Gasteiger partial charge in [-0.1, -0.05) is 0 Å². The van der Waals surface area contributed by atoms with Crippen molar-refractivity contribution in [1.29, 1.82) is 0 Å². The number of hydrogen-bond acceptors (Lipinski definition) is 7. The predicted octanol–water partition coefficient (Wildman–Crippen LogP) is 2.12. The molecule has 144 valence electrons. The molecule has 0 amide bonds. The SMILES string of the molecule is CN1CC2(CCC(N(C)c3nccc(Nc4cc(C5CC5)[nH]n4)n3)CO2)C1. The second-order valence-corrected chi connectivity index (χ2v) is 8.32. The van der Waals surface area contributed by atoms with E-state index < -0.39 is 0 Å². The molecule has 27 heavy (non-hydrogen) atoms. The van der Waals surface area contributed by atoms with Crippen molar-refractivity contribution in [3.63, 3.8) is 0 Å². The summed E-state index contributed by atoms with van der Waals surface area (Å²) in [4.78, 5) is 13.6. The molecule has 8 nitrogen and oxygen atoms in total. The number of nitrogens with zero attached hydrogens (tertiary/aromatic N) is 5. The van der Waals surface area contributed by atoms with E-state index in [4.69, 9.17) is 4.74 Å². The average molecular weight is 369 g/mol. The molecule has 0 bridgehead atoms.